The minimum Gasteiger partial charge on any atom is -0.484 e. The Morgan fingerprint density at radius 1 is 0.939 bits per heavy atom. The zero-order valence-corrected chi connectivity index (χ0v) is 19.4. The topological polar surface area (TPSA) is 79.8 Å². The average molecular weight is 462 g/mol. The van der Waals surface area contributed by atoms with Crippen molar-refractivity contribution in [2.75, 3.05) is 6.61 Å². The van der Waals surface area contributed by atoms with Crippen LogP contribution in [0.2, 0.25) is 0 Å². The summed E-state index contributed by atoms with van der Waals surface area (Å²) in [4.78, 5) is 25.4. The molecule has 0 aromatic heterocycles. The van der Waals surface area contributed by atoms with E-state index < -0.39 is 0 Å². The van der Waals surface area contributed by atoms with Gasteiger partial charge in [0.15, 0.2) is 6.61 Å². The van der Waals surface area contributed by atoms with Gasteiger partial charge in [0.1, 0.15) is 5.75 Å². The molecule has 2 N–H and O–H groups in total. The third-order valence-corrected chi connectivity index (χ3v) is 5.85. The Hall–Kier alpha value is -3.58. The van der Waals surface area contributed by atoms with Gasteiger partial charge in [0.05, 0.1) is 17.5 Å². The van der Waals surface area contributed by atoms with Crippen LogP contribution in [-0.4, -0.2) is 29.9 Å². The SMILES string of the molecule is C[C@H](Sc1ccccc1)C(=O)N/N=C\c1ccc(OCC(=O)N[C@H](C)c2ccccc2)cc1. The lowest BCUT2D eigenvalue weighted by molar-refractivity contribution is -0.123. The Morgan fingerprint density at radius 3 is 2.24 bits per heavy atom. The van der Waals surface area contributed by atoms with Crippen LogP contribution in [0, 0.1) is 0 Å². The summed E-state index contributed by atoms with van der Waals surface area (Å²) >= 11 is 1.47. The molecule has 0 saturated heterocycles. The second-order valence-electron chi connectivity index (χ2n) is 7.36. The number of benzene rings is 3. The van der Waals surface area contributed by atoms with Crippen LogP contribution >= 0.6 is 11.8 Å². The highest BCUT2D eigenvalue weighted by Gasteiger charge is 2.13. The molecule has 7 heteroatoms. The zero-order valence-electron chi connectivity index (χ0n) is 18.6. The summed E-state index contributed by atoms with van der Waals surface area (Å²) in [5.74, 6) is 0.213. The van der Waals surface area contributed by atoms with Gasteiger partial charge in [-0.1, -0.05) is 48.5 Å². The number of carbonyl (C=O) groups is 2. The molecular formula is C26H27N3O3S. The molecule has 0 fully saturated rings. The number of ether oxygens (including phenoxy) is 1. The van der Waals surface area contributed by atoms with Crippen molar-refractivity contribution >= 4 is 29.8 Å². The van der Waals surface area contributed by atoms with E-state index in [1.165, 1.54) is 11.8 Å². The third kappa shape index (κ3) is 8.12. The van der Waals surface area contributed by atoms with Crippen molar-refractivity contribution in [3.05, 3.63) is 96.1 Å². The Labute approximate surface area is 198 Å². The van der Waals surface area contributed by atoms with E-state index in [9.17, 15) is 9.59 Å². The summed E-state index contributed by atoms with van der Waals surface area (Å²) in [5.41, 5.74) is 4.40. The molecule has 170 valence electrons. The molecule has 0 heterocycles. The van der Waals surface area contributed by atoms with Crippen LogP contribution in [-0.2, 0) is 9.59 Å². The van der Waals surface area contributed by atoms with Crippen molar-refractivity contribution < 1.29 is 14.3 Å². The summed E-state index contributed by atoms with van der Waals surface area (Å²) in [6.45, 7) is 3.70. The number of rotatable bonds is 10. The van der Waals surface area contributed by atoms with Crippen LogP contribution < -0.4 is 15.5 Å². The van der Waals surface area contributed by atoms with Gasteiger partial charge >= 0.3 is 0 Å². The van der Waals surface area contributed by atoms with Gasteiger partial charge in [-0.25, -0.2) is 5.43 Å². The molecule has 0 aliphatic carbocycles. The van der Waals surface area contributed by atoms with E-state index >= 15 is 0 Å². The highest BCUT2D eigenvalue weighted by Crippen LogP contribution is 2.22. The highest BCUT2D eigenvalue weighted by molar-refractivity contribution is 8.00. The molecule has 0 radical (unpaired) electrons. The fraction of sp³-hybridized carbons (Fsp3) is 0.192. The fourth-order valence-corrected chi connectivity index (χ4v) is 3.81. The molecular weight excluding hydrogens is 434 g/mol. The van der Waals surface area contributed by atoms with Crippen LogP contribution in [0.1, 0.15) is 31.0 Å². The summed E-state index contributed by atoms with van der Waals surface area (Å²) < 4.78 is 5.56. The number of nitrogens with one attached hydrogen (secondary N) is 2. The molecule has 0 bridgehead atoms. The van der Waals surface area contributed by atoms with Crippen molar-refractivity contribution in [1.29, 1.82) is 0 Å². The predicted octanol–water partition coefficient (Wildman–Crippen LogP) is 4.57. The van der Waals surface area contributed by atoms with Crippen molar-refractivity contribution in [3.8, 4) is 5.75 Å². The number of hydrogen-bond acceptors (Lipinski definition) is 5. The molecule has 2 amide bonds. The Kier molecular flexibility index (Phi) is 9.08. The number of hydrazone groups is 1. The van der Waals surface area contributed by atoms with E-state index in [0.717, 1.165) is 16.0 Å². The highest BCUT2D eigenvalue weighted by atomic mass is 32.2. The van der Waals surface area contributed by atoms with Gasteiger partial charge in [-0.05, 0) is 61.4 Å². The van der Waals surface area contributed by atoms with Crippen molar-refractivity contribution in [2.24, 2.45) is 5.10 Å². The minimum atomic E-state index is -0.268. The van der Waals surface area contributed by atoms with Crippen molar-refractivity contribution in [1.82, 2.24) is 10.7 Å². The van der Waals surface area contributed by atoms with E-state index in [0.29, 0.717) is 5.75 Å². The molecule has 2 atom stereocenters. The van der Waals surface area contributed by atoms with E-state index in [1.54, 1.807) is 30.5 Å². The first-order valence-corrected chi connectivity index (χ1v) is 11.5. The lowest BCUT2D eigenvalue weighted by atomic mass is 10.1. The molecule has 3 rings (SSSR count). The molecule has 3 aromatic carbocycles. The number of amides is 2. The quantitative estimate of drug-likeness (QED) is 0.263. The van der Waals surface area contributed by atoms with Gasteiger partial charge in [-0.2, -0.15) is 5.10 Å². The molecule has 33 heavy (non-hydrogen) atoms. The molecule has 0 aliphatic rings. The van der Waals surface area contributed by atoms with Crippen molar-refractivity contribution in [2.45, 2.75) is 30.0 Å². The maximum absolute atomic E-state index is 12.2. The zero-order chi connectivity index (χ0) is 23.5. The van der Waals surface area contributed by atoms with E-state index in [1.807, 2.05) is 74.5 Å². The second kappa shape index (κ2) is 12.5. The lowest BCUT2D eigenvalue weighted by Gasteiger charge is -2.14. The Morgan fingerprint density at radius 2 is 1.58 bits per heavy atom. The van der Waals surface area contributed by atoms with Gasteiger partial charge in [-0.3, -0.25) is 9.59 Å². The molecule has 6 nitrogen and oxygen atoms in total. The first-order chi connectivity index (χ1) is 16.0. The Balaban J connectivity index is 1.40. The lowest BCUT2D eigenvalue weighted by Crippen LogP contribution is -2.31. The van der Waals surface area contributed by atoms with Crippen LogP contribution in [0.4, 0.5) is 0 Å². The number of thioether (sulfide) groups is 1. The van der Waals surface area contributed by atoms with Gasteiger partial charge in [0, 0.05) is 4.90 Å². The summed E-state index contributed by atoms with van der Waals surface area (Å²) in [6, 6.07) is 26.5. The molecule has 0 aliphatic heterocycles. The van der Waals surface area contributed by atoms with Crippen LogP contribution in [0.5, 0.6) is 5.75 Å². The fourth-order valence-electron chi connectivity index (χ4n) is 2.93. The van der Waals surface area contributed by atoms with E-state index in [-0.39, 0.29) is 29.7 Å². The smallest absolute Gasteiger partial charge is 0.258 e. The standard InChI is InChI=1S/C26H27N3O3S/c1-19(22-9-5-3-6-10-22)28-25(30)18-32-23-15-13-21(14-16-23)17-27-29-26(31)20(2)33-24-11-7-4-8-12-24/h3-17,19-20H,18H2,1-2H3,(H,28,30)(H,29,31)/b27-17-/t19-,20+/m1/s1. The van der Waals surface area contributed by atoms with Crippen LogP contribution in [0.15, 0.2) is 94.9 Å². The summed E-state index contributed by atoms with van der Waals surface area (Å²) in [7, 11) is 0. The predicted molar refractivity (Wildman–Crippen MR) is 132 cm³/mol. The largest absolute Gasteiger partial charge is 0.484 e. The normalized spacial score (nSPS) is 12.7. The van der Waals surface area contributed by atoms with Crippen LogP contribution in [0.25, 0.3) is 0 Å². The van der Waals surface area contributed by atoms with Crippen molar-refractivity contribution in [3.63, 3.8) is 0 Å². The number of carbonyl (C=O) groups excluding carboxylic acids is 2. The second-order valence-corrected chi connectivity index (χ2v) is 8.78. The summed E-state index contributed by atoms with van der Waals surface area (Å²) in [5, 5.41) is 6.67. The minimum absolute atomic E-state index is 0.0718. The first kappa shape index (κ1) is 24.1. The molecule has 0 spiro atoms. The average Bonchev–Trinajstić information content (AvgIpc) is 2.84. The van der Waals surface area contributed by atoms with E-state index in [4.69, 9.17) is 4.74 Å². The molecule has 0 unspecified atom stereocenters. The van der Waals surface area contributed by atoms with Gasteiger partial charge < -0.3 is 10.1 Å². The van der Waals surface area contributed by atoms with E-state index in [2.05, 4.69) is 15.8 Å². The molecule has 0 saturated carbocycles. The maximum atomic E-state index is 12.2. The number of hydrogen-bond donors (Lipinski definition) is 2. The third-order valence-electron chi connectivity index (χ3n) is 4.74. The first-order valence-electron chi connectivity index (χ1n) is 10.6. The number of nitrogens with zero attached hydrogens (tertiary/aromatic N) is 1. The molecule has 3 aromatic rings. The summed E-state index contributed by atoms with van der Waals surface area (Å²) in [6.07, 6.45) is 1.57. The maximum Gasteiger partial charge on any atom is 0.258 e. The van der Waals surface area contributed by atoms with Gasteiger partial charge in [0.2, 0.25) is 0 Å². The van der Waals surface area contributed by atoms with Gasteiger partial charge in [0.25, 0.3) is 11.8 Å². The van der Waals surface area contributed by atoms with Crippen LogP contribution in [0.3, 0.4) is 0 Å². The monoisotopic (exact) mass is 461 g/mol. The Bertz CT molecular complexity index is 1060. The van der Waals surface area contributed by atoms with Gasteiger partial charge in [-0.15, -0.1) is 11.8 Å².